The summed E-state index contributed by atoms with van der Waals surface area (Å²) in [6.45, 7) is 0. The van der Waals surface area contributed by atoms with Crippen molar-refractivity contribution in [1.82, 2.24) is 15.0 Å². The van der Waals surface area contributed by atoms with Gasteiger partial charge in [0.2, 0.25) is 0 Å². The van der Waals surface area contributed by atoms with E-state index in [1.54, 1.807) is 6.20 Å². The second kappa shape index (κ2) is 11.4. The Labute approximate surface area is 291 Å². The topological polar surface area (TPSA) is 47.9 Å². The van der Waals surface area contributed by atoms with Crippen LogP contribution in [0.15, 0.2) is 170 Å². The highest BCUT2D eigenvalue weighted by Crippen LogP contribution is 2.63. The average Bonchev–Trinajstić information content (AvgIpc) is 3.49. The summed E-state index contributed by atoms with van der Waals surface area (Å²) in [6.07, 6.45) is 8.49. The highest BCUT2D eigenvalue weighted by atomic mass is 16.5. The van der Waals surface area contributed by atoms with Crippen LogP contribution in [0.5, 0.6) is 11.5 Å². The zero-order valence-corrected chi connectivity index (χ0v) is 27.3. The molecular weight excluding hydrogens is 611 g/mol. The Morgan fingerprint density at radius 3 is 2.10 bits per heavy atom. The maximum Gasteiger partial charge on any atom is 0.160 e. The van der Waals surface area contributed by atoms with E-state index in [2.05, 4.69) is 120 Å². The first kappa shape index (κ1) is 28.6. The fourth-order valence-corrected chi connectivity index (χ4v) is 8.14. The van der Waals surface area contributed by atoms with Crippen molar-refractivity contribution >= 4 is 5.57 Å². The highest BCUT2D eigenvalue weighted by molar-refractivity contribution is 5.92. The van der Waals surface area contributed by atoms with E-state index in [0.29, 0.717) is 5.82 Å². The van der Waals surface area contributed by atoms with E-state index in [1.807, 2.05) is 42.5 Å². The van der Waals surface area contributed by atoms with Crippen LogP contribution < -0.4 is 4.74 Å². The van der Waals surface area contributed by atoms with Gasteiger partial charge in [0.1, 0.15) is 11.5 Å². The molecule has 236 valence electrons. The predicted molar refractivity (Wildman–Crippen MR) is 200 cm³/mol. The van der Waals surface area contributed by atoms with Gasteiger partial charge in [-0.1, -0.05) is 121 Å². The first-order valence-corrected chi connectivity index (χ1v) is 17.2. The molecule has 10 rings (SSSR count). The lowest BCUT2D eigenvalue weighted by Crippen LogP contribution is -2.33. The smallest absolute Gasteiger partial charge is 0.160 e. The van der Waals surface area contributed by atoms with Gasteiger partial charge in [-0.3, -0.25) is 4.98 Å². The highest BCUT2D eigenvalue weighted by Gasteiger charge is 2.52. The van der Waals surface area contributed by atoms with Crippen LogP contribution in [0.2, 0.25) is 0 Å². The quantitative estimate of drug-likeness (QED) is 0.192. The van der Waals surface area contributed by atoms with E-state index >= 15 is 0 Å². The first-order valence-electron chi connectivity index (χ1n) is 17.2. The Morgan fingerprint density at radius 1 is 0.520 bits per heavy atom. The second-order valence-electron chi connectivity index (χ2n) is 13.1. The minimum atomic E-state index is -0.412. The van der Waals surface area contributed by atoms with Gasteiger partial charge in [-0.25, -0.2) is 9.97 Å². The molecular formula is C46H31N3O. The van der Waals surface area contributed by atoms with Gasteiger partial charge in [-0.15, -0.1) is 0 Å². The minimum absolute atomic E-state index is 0.412. The van der Waals surface area contributed by atoms with E-state index in [4.69, 9.17) is 14.7 Å². The van der Waals surface area contributed by atoms with Gasteiger partial charge >= 0.3 is 0 Å². The summed E-state index contributed by atoms with van der Waals surface area (Å²) in [5.74, 6) is 2.51. The number of allylic oxidation sites excluding steroid dienone is 4. The Morgan fingerprint density at radius 2 is 1.24 bits per heavy atom. The van der Waals surface area contributed by atoms with E-state index in [1.165, 1.54) is 33.4 Å². The number of para-hydroxylation sites is 1. The number of nitrogens with zero attached hydrogens (tertiary/aromatic N) is 3. The molecule has 3 aliphatic rings. The third-order valence-corrected chi connectivity index (χ3v) is 10.3. The van der Waals surface area contributed by atoms with Crippen molar-refractivity contribution in [2.75, 3.05) is 0 Å². The Hall–Kier alpha value is -6.39. The molecule has 3 heterocycles. The van der Waals surface area contributed by atoms with Crippen molar-refractivity contribution in [1.29, 1.82) is 0 Å². The van der Waals surface area contributed by atoms with Gasteiger partial charge in [0.05, 0.1) is 22.5 Å². The van der Waals surface area contributed by atoms with Crippen molar-refractivity contribution in [3.05, 3.63) is 192 Å². The van der Waals surface area contributed by atoms with Crippen molar-refractivity contribution in [3.8, 4) is 56.7 Å². The molecule has 0 N–H and O–H groups in total. The molecule has 50 heavy (non-hydrogen) atoms. The van der Waals surface area contributed by atoms with Crippen LogP contribution >= 0.6 is 0 Å². The molecule has 0 amide bonds. The number of pyridine rings is 1. The van der Waals surface area contributed by atoms with Crippen molar-refractivity contribution in [2.24, 2.45) is 0 Å². The third-order valence-electron chi connectivity index (χ3n) is 10.3. The van der Waals surface area contributed by atoms with Crippen LogP contribution in [0.1, 0.15) is 35.1 Å². The summed E-state index contributed by atoms with van der Waals surface area (Å²) in [5.41, 5.74) is 14.2. The van der Waals surface area contributed by atoms with Crippen LogP contribution in [-0.4, -0.2) is 15.0 Å². The predicted octanol–water partition coefficient (Wildman–Crippen LogP) is 11.1. The monoisotopic (exact) mass is 641 g/mol. The van der Waals surface area contributed by atoms with Gasteiger partial charge in [0.15, 0.2) is 5.82 Å². The molecule has 0 saturated heterocycles. The van der Waals surface area contributed by atoms with Gasteiger partial charge in [0, 0.05) is 28.5 Å². The van der Waals surface area contributed by atoms with E-state index < -0.39 is 5.41 Å². The summed E-state index contributed by atoms with van der Waals surface area (Å²) in [6, 6.07) is 51.0. The molecule has 4 heteroatoms. The van der Waals surface area contributed by atoms with Crippen LogP contribution in [0.25, 0.3) is 50.7 Å². The molecule has 1 atom stereocenters. The molecule has 1 unspecified atom stereocenters. The molecule has 5 aromatic carbocycles. The molecule has 7 aromatic rings. The van der Waals surface area contributed by atoms with Crippen LogP contribution in [0.4, 0.5) is 0 Å². The lowest BCUT2D eigenvalue weighted by Gasteiger charge is -2.41. The summed E-state index contributed by atoms with van der Waals surface area (Å²) < 4.78 is 6.66. The molecule has 0 radical (unpaired) electrons. The van der Waals surface area contributed by atoms with Gasteiger partial charge < -0.3 is 4.74 Å². The summed E-state index contributed by atoms with van der Waals surface area (Å²) in [5, 5.41) is 0. The second-order valence-corrected chi connectivity index (χ2v) is 13.1. The molecule has 2 aromatic heterocycles. The summed E-state index contributed by atoms with van der Waals surface area (Å²) in [7, 11) is 0. The molecule has 0 bridgehead atoms. The van der Waals surface area contributed by atoms with Crippen LogP contribution in [-0.2, 0) is 5.41 Å². The van der Waals surface area contributed by atoms with E-state index in [9.17, 15) is 0 Å². The zero-order chi connectivity index (χ0) is 33.1. The average molecular weight is 642 g/mol. The Bertz CT molecular complexity index is 2440. The molecule has 1 spiro atoms. The largest absolute Gasteiger partial charge is 0.457 e. The number of ether oxygens (including phenoxy) is 1. The summed E-state index contributed by atoms with van der Waals surface area (Å²) >= 11 is 0. The molecule has 1 aliphatic heterocycles. The molecule has 0 fully saturated rings. The zero-order valence-electron chi connectivity index (χ0n) is 27.3. The van der Waals surface area contributed by atoms with Gasteiger partial charge in [-0.2, -0.15) is 0 Å². The lowest BCUT2D eigenvalue weighted by molar-refractivity contribution is 0.432. The van der Waals surface area contributed by atoms with Crippen LogP contribution in [0.3, 0.4) is 0 Å². The van der Waals surface area contributed by atoms with E-state index in [0.717, 1.165) is 63.7 Å². The number of fused-ring (bicyclic) bond motifs is 8. The van der Waals surface area contributed by atoms with Gasteiger partial charge in [0.25, 0.3) is 0 Å². The minimum Gasteiger partial charge on any atom is -0.457 e. The molecule has 0 saturated carbocycles. The van der Waals surface area contributed by atoms with Crippen molar-refractivity contribution in [2.45, 2.75) is 18.3 Å². The first-order chi connectivity index (χ1) is 24.8. The number of aromatic nitrogens is 3. The normalized spacial score (nSPS) is 16.7. The number of hydrogen-bond acceptors (Lipinski definition) is 4. The number of benzene rings is 5. The maximum absolute atomic E-state index is 6.66. The van der Waals surface area contributed by atoms with Gasteiger partial charge in [-0.05, 0) is 82.6 Å². The molecule has 2 aliphatic carbocycles. The summed E-state index contributed by atoms with van der Waals surface area (Å²) in [4.78, 5) is 14.6. The number of hydrogen-bond donors (Lipinski definition) is 0. The molecule has 4 nitrogen and oxygen atoms in total. The Balaban J connectivity index is 1.10. The van der Waals surface area contributed by atoms with E-state index in [-0.39, 0.29) is 0 Å². The maximum atomic E-state index is 6.66. The third kappa shape index (κ3) is 4.35. The lowest BCUT2D eigenvalue weighted by atomic mass is 9.64. The SMILES string of the molecule is C1=CC2=C(CC1)C1(c3ccccc3Oc3ccc(-c4ccc(-c5nc(-c6ccccc6)cc(-c6ccccn6)n5)cc4)cc31)c1ccccc12. The Kier molecular flexibility index (Phi) is 6.50. The standard InChI is InChI=1S/C46H31N3O/c1-2-12-31(13-3-1)41-29-42(40-19-10-11-27-47-40)49-45(48-41)32-23-21-30(22-24-32)33-25-26-44-39(28-33)46(38-18-8-9-20-43(38)50-44)36-16-6-4-14-34(36)35-15-5-7-17-37(35)46/h1-6,8-16,18-29H,7,17H2. The fourth-order valence-electron chi connectivity index (χ4n) is 8.14. The van der Waals surface area contributed by atoms with Crippen molar-refractivity contribution < 1.29 is 4.74 Å². The number of rotatable bonds is 4. The van der Waals surface area contributed by atoms with Crippen molar-refractivity contribution in [3.63, 3.8) is 0 Å². The fraction of sp³-hybridized carbons (Fsp3) is 0.0652. The van der Waals surface area contributed by atoms with Crippen LogP contribution in [0, 0.1) is 0 Å².